The molecule has 0 spiro atoms. The van der Waals surface area contributed by atoms with Crippen molar-refractivity contribution in [3.8, 4) is 0 Å². The van der Waals surface area contributed by atoms with E-state index in [1.54, 1.807) is 6.20 Å². The van der Waals surface area contributed by atoms with Gasteiger partial charge in [-0.1, -0.05) is 6.42 Å². The van der Waals surface area contributed by atoms with E-state index in [0.717, 1.165) is 24.5 Å². The molecule has 0 aromatic carbocycles. The molecule has 3 unspecified atom stereocenters. The van der Waals surface area contributed by atoms with Gasteiger partial charge in [0.1, 0.15) is 11.9 Å². The minimum absolute atomic E-state index is 0.331. The smallest absolute Gasteiger partial charge is 0.321 e. The van der Waals surface area contributed by atoms with Crippen LogP contribution in [0.25, 0.3) is 0 Å². The van der Waals surface area contributed by atoms with Crippen LogP contribution in [0.2, 0.25) is 0 Å². The second kappa shape index (κ2) is 4.89. The first-order valence-corrected chi connectivity index (χ1v) is 6.90. The van der Waals surface area contributed by atoms with Crippen molar-refractivity contribution >= 4 is 5.97 Å². The van der Waals surface area contributed by atoms with Crippen molar-refractivity contribution in [2.24, 2.45) is 11.8 Å². The number of rotatable bonds is 3. The molecule has 0 bridgehead atoms. The second-order valence-electron chi connectivity index (χ2n) is 5.66. The monoisotopic (exact) mass is 261 g/mol. The first-order valence-electron chi connectivity index (χ1n) is 6.90. The molecule has 1 saturated carbocycles. The van der Waals surface area contributed by atoms with E-state index in [0.29, 0.717) is 18.4 Å². The molecule has 2 fully saturated rings. The summed E-state index contributed by atoms with van der Waals surface area (Å²) in [5.41, 5.74) is 0.915. The molecule has 1 aromatic heterocycles. The fraction of sp³-hybridized carbons (Fsp3) is 0.643. The van der Waals surface area contributed by atoms with Gasteiger partial charge in [-0.2, -0.15) is 0 Å². The van der Waals surface area contributed by atoms with E-state index >= 15 is 0 Å². The van der Waals surface area contributed by atoms with Crippen LogP contribution in [0.4, 0.5) is 0 Å². The molecule has 2 heterocycles. The second-order valence-corrected chi connectivity index (χ2v) is 5.66. The maximum Gasteiger partial charge on any atom is 0.321 e. The summed E-state index contributed by atoms with van der Waals surface area (Å²) in [4.78, 5) is 22.1. The molecule has 0 radical (unpaired) electrons. The topological polar surface area (TPSA) is 66.3 Å². The largest absolute Gasteiger partial charge is 0.480 e. The van der Waals surface area contributed by atoms with E-state index < -0.39 is 5.97 Å². The Morgan fingerprint density at radius 3 is 3.11 bits per heavy atom. The lowest BCUT2D eigenvalue weighted by Crippen LogP contribution is -2.39. The molecule has 19 heavy (non-hydrogen) atoms. The fourth-order valence-electron chi connectivity index (χ4n) is 3.70. The minimum atomic E-state index is -0.680. The number of likely N-dealkylation sites (tertiary alicyclic amines) is 1. The molecule has 5 heteroatoms. The molecule has 1 aromatic rings. The Morgan fingerprint density at radius 2 is 2.37 bits per heavy atom. The van der Waals surface area contributed by atoms with Gasteiger partial charge in [-0.05, 0) is 37.7 Å². The number of aliphatic carboxylic acids is 1. The SMILES string of the molecule is Cc1nccc(CN2CC3CCCC3C2C(=O)O)n1. The number of carboxylic acids is 1. The average molecular weight is 261 g/mol. The van der Waals surface area contributed by atoms with E-state index in [9.17, 15) is 9.90 Å². The zero-order valence-corrected chi connectivity index (χ0v) is 11.1. The summed E-state index contributed by atoms with van der Waals surface area (Å²) in [7, 11) is 0. The van der Waals surface area contributed by atoms with E-state index in [2.05, 4.69) is 14.9 Å². The van der Waals surface area contributed by atoms with Crippen LogP contribution in [-0.2, 0) is 11.3 Å². The zero-order valence-electron chi connectivity index (χ0n) is 11.1. The molecule has 3 atom stereocenters. The molecule has 1 aliphatic heterocycles. The number of aryl methyl sites for hydroxylation is 1. The summed E-state index contributed by atoms with van der Waals surface area (Å²) < 4.78 is 0. The van der Waals surface area contributed by atoms with Crippen molar-refractivity contribution < 1.29 is 9.90 Å². The highest BCUT2D eigenvalue weighted by Crippen LogP contribution is 2.42. The summed E-state index contributed by atoms with van der Waals surface area (Å²) in [6.45, 7) is 3.37. The first-order chi connectivity index (χ1) is 9.15. The molecule has 102 valence electrons. The van der Waals surface area contributed by atoms with Crippen LogP contribution in [0.1, 0.15) is 30.8 Å². The number of fused-ring (bicyclic) bond motifs is 1. The minimum Gasteiger partial charge on any atom is -0.480 e. The summed E-state index contributed by atoms with van der Waals surface area (Å²) in [5.74, 6) is 0.952. The van der Waals surface area contributed by atoms with Gasteiger partial charge in [0.25, 0.3) is 0 Å². The third-order valence-electron chi connectivity index (χ3n) is 4.44. The van der Waals surface area contributed by atoms with Crippen LogP contribution in [0.15, 0.2) is 12.3 Å². The standard InChI is InChI=1S/C14H19N3O2/c1-9-15-6-5-11(16-9)8-17-7-10-3-2-4-12(10)13(17)14(18)19/h5-6,10,12-13H,2-4,7-8H2,1H3,(H,18,19). The van der Waals surface area contributed by atoms with Crippen LogP contribution >= 0.6 is 0 Å². The Labute approximate surface area is 112 Å². The van der Waals surface area contributed by atoms with Crippen molar-refractivity contribution in [2.45, 2.75) is 38.8 Å². The number of aromatic nitrogens is 2. The summed E-state index contributed by atoms with van der Waals surface area (Å²) >= 11 is 0. The number of carboxylic acid groups (broad SMARTS) is 1. The van der Waals surface area contributed by atoms with Gasteiger partial charge < -0.3 is 5.11 Å². The quantitative estimate of drug-likeness (QED) is 0.892. The van der Waals surface area contributed by atoms with Gasteiger partial charge in [-0.3, -0.25) is 9.69 Å². The third kappa shape index (κ3) is 2.34. The van der Waals surface area contributed by atoms with E-state index in [4.69, 9.17) is 0 Å². The van der Waals surface area contributed by atoms with Gasteiger partial charge in [0.05, 0.1) is 5.69 Å². The van der Waals surface area contributed by atoms with Crippen molar-refractivity contribution in [1.29, 1.82) is 0 Å². The molecule has 1 N–H and O–H groups in total. The van der Waals surface area contributed by atoms with Crippen LogP contribution in [-0.4, -0.2) is 38.5 Å². The number of nitrogens with zero attached hydrogens (tertiary/aromatic N) is 3. The Hall–Kier alpha value is -1.49. The van der Waals surface area contributed by atoms with E-state index in [-0.39, 0.29) is 6.04 Å². The Bertz CT molecular complexity index is 491. The van der Waals surface area contributed by atoms with Gasteiger partial charge >= 0.3 is 5.97 Å². The molecular formula is C14H19N3O2. The Kier molecular flexibility index (Phi) is 3.22. The predicted octanol–water partition coefficient (Wildman–Crippen LogP) is 1.47. The maximum atomic E-state index is 11.5. The molecule has 1 aliphatic carbocycles. The molecule has 5 nitrogen and oxygen atoms in total. The van der Waals surface area contributed by atoms with Crippen molar-refractivity contribution in [2.75, 3.05) is 6.54 Å². The van der Waals surface area contributed by atoms with Crippen LogP contribution in [0.5, 0.6) is 0 Å². The van der Waals surface area contributed by atoms with E-state index in [1.807, 2.05) is 13.0 Å². The molecule has 0 amide bonds. The van der Waals surface area contributed by atoms with E-state index in [1.165, 1.54) is 12.8 Å². The highest BCUT2D eigenvalue weighted by Gasteiger charge is 2.47. The lowest BCUT2D eigenvalue weighted by atomic mass is 9.94. The Balaban J connectivity index is 1.78. The first kappa shape index (κ1) is 12.5. The highest BCUT2D eigenvalue weighted by atomic mass is 16.4. The predicted molar refractivity (Wildman–Crippen MR) is 69.4 cm³/mol. The van der Waals surface area contributed by atoms with Crippen molar-refractivity contribution in [1.82, 2.24) is 14.9 Å². The number of carbonyl (C=O) groups is 1. The average Bonchev–Trinajstić information content (AvgIpc) is 2.88. The van der Waals surface area contributed by atoms with Gasteiger partial charge in [-0.25, -0.2) is 9.97 Å². The summed E-state index contributed by atoms with van der Waals surface area (Å²) in [5, 5.41) is 9.49. The lowest BCUT2D eigenvalue weighted by molar-refractivity contribution is -0.143. The molecule has 1 saturated heterocycles. The van der Waals surface area contributed by atoms with Gasteiger partial charge in [0.2, 0.25) is 0 Å². The third-order valence-corrected chi connectivity index (χ3v) is 4.44. The Morgan fingerprint density at radius 1 is 1.53 bits per heavy atom. The molecular weight excluding hydrogens is 242 g/mol. The van der Waals surface area contributed by atoms with Crippen LogP contribution in [0, 0.1) is 18.8 Å². The lowest BCUT2D eigenvalue weighted by Gasteiger charge is -2.23. The van der Waals surface area contributed by atoms with Crippen LogP contribution in [0.3, 0.4) is 0 Å². The molecule has 2 aliphatic rings. The zero-order chi connectivity index (χ0) is 13.4. The highest BCUT2D eigenvalue weighted by molar-refractivity contribution is 5.74. The van der Waals surface area contributed by atoms with Gasteiger partial charge in [0.15, 0.2) is 0 Å². The molecule has 3 rings (SSSR count). The normalized spacial score (nSPS) is 30.5. The van der Waals surface area contributed by atoms with Crippen molar-refractivity contribution in [3.63, 3.8) is 0 Å². The van der Waals surface area contributed by atoms with Crippen LogP contribution < -0.4 is 0 Å². The number of hydrogen-bond acceptors (Lipinski definition) is 4. The maximum absolute atomic E-state index is 11.5. The van der Waals surface area contributed by atoms with Gasteiger partial charge in [-0.15, -0.1) is 0 Å². The van der Waals surface area contributed by atoms with Gasteiger partial charge in [0, 0.05) is 19.3 Å². The van der Waals surface area contributed by atoms with Crippen molar-refractivity contribution in [3.05, 3.63) is 23.8 Å². The summed E-state index contributed by atoms with van der Waals surface area (Å²) in [6.07, 6.45) is 5.15. The summed E-state index contributed by atoms with van der Waals surface area (Å²) in [6, 6.07) is 1.54. The fourth-order valence-corrected chi connectivity index (χ4v) is 3.70. The number of hydrogen-bond donors (Lipinski definition) is 1.